The Morgan fingerprint density at radius 2 is 2.00 bits per heavy atom. The van der Waals surface area contributed by atoms with Gasteiger partial charge in [-0.15, -0.1) is 0 Å². The van der Waals surface area contributed by atoms with Crippen LogP contribution in [-0.2, 0) is 6.42 Å². The molecule has 2 N–H and O–H groups in total. The van der Waals surface area contributed by atoms with E-state index in [0.717, 1.165) is 55.7 Å². The van der Waals surface area contributed by atoms with Crippen molar-refractivity contribution in [1.29, 1.82) is 0 Å². The molecule has 20 heavy (non-hydrogen) atoms. The molecule has 4 heteroatoms. The first-order chi connectivity index (χ1) is 9.46. The second-order valence-electron chi connectivity index (χ2n) is 6.65. The molecule has 1 aromatic carbocycles. The molecule has 0 spiro atoms. The van der Waals surface area contributed by atoms with Crippen molar-refractivity contribution in [3.8, 4) is 0 Å². The van der Waals surface area contributed by atoms with Crippen LogP contribution in [0.25, 0.3) is 0 Å². The van der Waals surface area contributed by atoms with Crippen LogP contribution < -0.4 is 10.2 Å². The summed E-state index contributed by atoms with van der Waals surface area (Å²) in [6.07, 6.45) is 3.13. The zero-order chi connectivity index (χ0) is 14.3. The summed E-state index contributed by atoms with van der Waals surface area (Å²) >= 11 is 0. The van der Waals surface area contributed by atoms with E-state index in [1.807, 2.05) is 6.07 Å². The number of hydrogen-bond donors (Lipinski definition) is 2. The van der Waals surface area contributed by atoms with E-state index in [-0.39, 0.29) is 17.5 Å². The third-order valence-corrected chi connectivity index (χ3v) is 4.49. The number of fused-ring (bicyclic) bond motifs is 1. The van der Waals surface area contributed by atoms with Crippen molar-refractivity contribution in [1.82, 2.24) is 0 Å². The molecule has 0 saturated carbocycles. The standard InChI is InChI=1S/C16H23FN2O/c1-16(2)8-5-12-14(18-16)4-3-13(17)15(12)19-9-6-11(20)7-10-19/h3-4,11,18,20H,5-10H2,1-2H3. The number of piperidine rings is 1. The van der Waals surface area contributed by atoms with Crippen LogP contribution in [0.1, 0.15) is 38.7 Å². The van der Waals surface area contributed by atoms with Gasteiger partial charge in [0.05, 0.1) is 11.8 Å². The average Bonchev–Trinajstić information content (AvgIpc) is 2.40. The summed E-state index contributed by atoms with van der Waals surface area (Å²) in [6.45, 7) is 5.82. The van der Waals surface area contributed by atoms with Crippen LogP contribution in [0.3, 0.4) is 0 Å². The van der Waals surface area contributed by atoms with Crippen molar-refractivity contribution in [2.24, 2.45) is 0 Å². The van der Waals surface area contributed by atoms with E-state index in [1.165, 1.54) is 0 Å². The Morgan fingerprint density at radius 3 is 2.70 bits per heavy atom. The number of benzene rings is 1. The van der Waals surface area contributed by atoms with Gasteiger partial charge in [0.1, 0.15) is 5.82 Å². The summed E-state index contributed by atoms with van der Waals surface area (Å²) in [5, 5.41) is 13.1. The number of rotatable bonds is 1. The summed E-state index contributed by atoms with van der Waals surface area (Å²) < 4.78 is 14.3. The molecule has 0 atom stereocenters. The molecule has 2 aliphatic heterocycles. The summed E-state index contributed by atoms with van der Waals surface area (Å²) in [5.41, 5.74) is 2.97. The minimum Gasteiger partial charge on any atom is -0.393 e. The van der Waals surface area contributed by atoms with Crippen molar-refractivity contribution in [3.05, 3.63) is 23.5 Å². The maximum absolute atomic E-state index is 14.3. The van der Waals surface area contributed by atoms with E-state index in [0.29, 0.717) is 0 Å². The minimum absolute atomic E-state index is 0.0696. The molecule has 1 saturated heterocycles. The number of hydrogen-bond acceptors (Lipinski definition) is 3. The fourth-order valence-corrected chi connectivity index (χ4v) is 3.27. The second kappa shape index (κ2) is 4.92. The van der Waals surface area contributed by atoms with E-state index < -0.39 is 0 Å². The van der Waals surface area contributed by atoms with E-state index in [1.54, 1.807) is 6.07 Å². The van der Waals surface area contributed by atoms with Crippen molar-refractivity contribution in [2.45, 2.75) is 51.2 Å². The third-order valence-electron chi connectivity index (χ3n) is 4.49. The maximum Gasteiger partial charge on any atom is 0.146 e. The lowest BCUT2D eigenvalue weighted by Crippen LogP contribution is -2.39. The number of nitrogens with one attached hydrogen (secondary N) is 1. The van der Waals surface area contributed by atoms with Gasteiger partial charge in [0.2, 0.25) is 0 Å². The average molecular weight is 278 g/mol. The number of aliphatic hydroxyl groups is 1. The van der Waals surface area contributed by atoms with Crippen LogP contribution in [0.2, 0.25) is 0 Å². The molecule has 2 aliphatic rings. The third kappa shape index (κ3) is 2.49. The molecule has 3 rings (SSSR count). The molecule has 0 aromatic heterocycles. The maximum atomic E-state index is 14.3. The Balaban J connectivity index is 1.95. The minimum atomic E-state index is -0.231. The first-order valence-electron chi connectivity index (χ1n) is 7.49. The van der Waals surface area contributed by atoms with E-state index in [2.05, 4.69) is 24.1 Å². The molecule has 0 amide bonds. The lowest BCUT2D eigenvalue weighted by molar-refractivity contribution is 0.145. The second-order valence-corrected chi connectivity index (χ2v) is 6.65. The molecule has 0 unspecified atom stereocenters. The molecule has 110 valence electrons. The molecule has 1 fully saturated rings. The number of aliphatic hydroxyl groups excluding tert-OH is 1. The van der Waals surface area contributed by atoms with Crippen LogP contribution in [0.4, 0.5) is 15.8 Å². The predicted octanol–water partition coefficient (Wildman–Crippen LogP) is 2.92. The highest BCUT2D eigenvalue weighted by Gasteiger charge is 2.29. The fourth-order valence-electron chi connectivity index (χ4n) is 3.27. The summed E-state index contributed by atoms with van der Waals surface area (Å²) in [7, 11) is 0. The van der Waals surface area contributed by atoms with Crippen LogP contribution >= 0.6 is 0 Å². The van der Waals surface area contributed by atoms with Gasteiger partial charge in [-0.1, -0.05) is 0 Å². The Hall–Kier alpha value is -1.29. The Kier molecular flexibility index (Phi) is 3.36. The zero-order valence-corrected chi connectivity index (χ0v) is 12.2. The van der Waals surface area contributed by atoms with Gasteiger partial charge in [-0.2, -0.15) is 0 Å². The summed E-state index contributed by atoms with van der Waals surface area (Å²) in [6, 6.07) is 3.42. The number of anilines is 2. The zero-order valence-electron chi connectivity index (χ0n) is 12.2. The highest BCUT2D eigenvalue weighted by atomic mass is 19.1. The molecule has 1 aromatic rings. The highest BCUT2D eigenvalue weighted by molar-refractivity contribution is 5.69. The van der Waals surface area contributed by atoms with Crippen molar-refractivity contribution >= 4 is 11.4 Å². The van der Waals surface area contributed by atoms with Crippen LogP contribution in [-0.4, -0.2) is 29.8 Å². The van der Waals surface area contributed by atoms with Crippen molar-refractivity contribution in [3.63, 3.8) is 0 Å². The van der Waals surface area contributed by atoms with Gasteiger partial charge >= 0.3 is 0 Å². The SMILES string of the molecule is CC1(C)CCc2c(ccc(F)c2N2CCC(O)CC2)N1. The van der Waals surface area contributed by atoms with Gasteiger partial charge in [0.25, 0.3) is 0 Å². The largest absolute Gasteiger partial charge is 0.393 e. The number of halogens is 1. The van der Waals surface area contributed by atoms with E-state index >= 15 is 0 Å². The molecular weight excluding hydrogens is 255 g/mol. The highest BCUT2D eigenvalue weighted by Crippen LogP contribution is 2.39. The van der Waals surface area contributed by atoms with Gasteiger partial charge in [0.15, 0.2) is 0 Å². The quantitative estimate of drug-likeness (QED) is 0.829. The Morgan fingerprint density at radius 1 is 1.30 bits per heavy atom. The summed E-state index contributed by atoms with van der Waals surface area (Å²) in [4.78, 5) is 2.10. The lowest BCUT2D eigenvalue weighted by atomic mass is 9.88. The van der Waals surface area contributed by atoms with E-state index in [4.69, 9.17) is 0 Å². The topological polar surface area (TPSA) is 35.5 Å². The van der Waals surface area contributed by atoms with Crippen LogP contribution in [0.15, 0.2) is 12.1 Å². The van der Waals surface area contributed by atoms with Gasteiger partial charge in [-0.3, -0.25) is 0 Å². The van der Waals surface area contributed by atoms with Gasteiger partial charge < -0.3 is 15.3 Å². The number of nitrogens with zero attached hydrogens (tertiary/aromatic N) is 1. The molecule has 0 bridgehead atoms. The molecule has 0 radical (unpaired) electrons. The Bertz CT molecular complexity index is 507. The predicted molar refractivity (Wildman–Crippen MR) is 79.9 cm³/mol. The van der Waals surface area contributed by atoms with Gasteiger partial charge in [-0.05, 0) is 51.7 Å². The molecule has 0 aliphatic carbocycles. The Labute approximate surface area is 119 Å². The van der Waals surface area contributed by atoms with Crippen LogP contribution in [0, 0.1) is 5.82 Å². The fraction of sp³-hybridized carbons (Fsp3) is 0.625. The van der Waals surface area contributed by atoms with Gasteiger partial charge in [0, 0.05) is 29.9 Å². The molecule has 3 nitrogen and oxygen atoms in total. The lowest BCUT2D eigenvalue weighted by Gasteiger charge is -2.38. The first kappa shape index (κ1) is 13.7. The molecule has 2 heterocycles. The van der Waals surface area contributed by atoms with Crippen molar-refractivity contribution < 1.29 is 9.50 Å². The van der Waals surface area contributed by atoms with Crippen molar-refractivity contribution in [2.75, 3.05) is 23.3 Å². The molecular formula is C16H23FN2O. The van der Waals surface area contributed by atoms with Crippen LogP contribution in [0.5, 0.6) is 0 Å². The van der Waals surface area contributed by atoms with Gasteiger partial charge in [-0.25, -0.2) is 4.39 Å². The smallest absolute Gasteiger partial charge is 0.146 e. The first-order valence-corrected chi connectivity index (χ1v) is 7.49. The summed E-state index contributed by atoms with van der Waals surface area (Å²) in [5.74, 6) is -0.137. The normalized spacial score (nSPS) is 22.3. The monoisotopic (exact) mass is 278 g/mol. The van der Waals surface area contributed by atoms with E-state index in [9.17, 15) is 9.50 Å².